The second kappa shape index (κ2) is 7.17. The molecule has 1 aromatic heterocycles. The summed E-state index contributed by atoms with van der Waals surface area (Å²) in [6, 6.07) is 4.48. The van der Waals surface area contributed by atoms with Gasteiger partial charge in [0.05, 0.1) is 23.3 Å². The molecule has 1 aliphatic heterocycles. The number of nitrogens with two attached hydrogens (primary N) is 1. The molecule has 0 spiro atoms. The molecule has 1 aromatic carbocycles. The van der Waals surface area contributed by atoms with E-state index in [-0.39, 0.29) is 17.3 Å². The van der Waals surface area contributed by atoms with Crippen molar-refractivity contribution in [3.8, 4) is 0 Å². The standard InChI is InChI=1S/C18H20FN5O2S2/c1-11-8-22-15(9-21-11)16(27)7-12-4-5-14(19)13(6-12)18(2)10-28(25,26)24(3)17(20)23-18/h4-6,8-9H,7,10H2,1-3H3,(H2,20,23)/t18-/m0/s1. The van der Waals surface area contributed by atoms with E-state index in [1.54, 1.807) is 31.5 Å². The number of aromatic nitrogens is 2. The van der Waals surface area contributed by atoms with E-state index in [9.17, 15) is 12.8 Å². The molecule has 28 heavy (non-hydrogen) atoms. The highest BCUT2D eigenvalue weighted by Crippen LogP contribution is 2.34. The third kappa shape index (κ3) is 3.88. The van der Waals surface area contributed by atoms with Crippen LogP contribution in [-0.2, 0) is 22.0 Å². The maximum Gasteiger partial charge on any atom is 0.239 e. The first-order chi connectivity index (χ1) is 13.0. The maximum absolute atomic E-state index is 14.6. The third-order valence-electron chi connectivity index (χ3n) is 4.61. The number of thiocarbonyl (C=S) groups is 1. The predicted octanol–water partition coefficient (Wildman–Crippen LogP) is 1.69. The summed E-state index contributed by atoms with van der Waals surface area (Å²) < 4.78 is 40.3. The minimum Gasteiger partial charge on any atom is -0.369 e. The van der Waals surface area contributed by atoms with Crippen molar-refractivity contribution in [1.29, 1.82) is 0 Å². The highest BCUT2D eigenvalue weighted by Gasteiger charge is 2.41. The van der Waals surface area contributed by atoms with E-state index in [1.165, 1.54) is 13.1 Å². The van der Waals surface area contributed by atoms with Gasteiger partial charge < -0.3 is 5.73 Å². The molecule has 0 bridgehead atoms. The molecular formula is C18H20FN5O2S2. The first-order valence-electron chi connectivity index (χ1n) is 8.44. The molecule has 0 unspecified atom stereocenters. The Morgan fingerprint density at radius 2 is 2.07 bits per heavy atom. The Labute approximate surface area is 168 Å². The molecule has 1 aliphatic rings. The van der Waals surface area contributed by atoms with E-state index in [0.717, 1.165) is 15.6 Å². The monoisotopic (exact) mass is 421 g/mol. The fraction of sp³-hybridized carbons (Fsp3) is 0.333. The lowest BCUT2D eigenvalue weighted by atomic mass is 9.91. The Bertz CT molecular complexity index is 1070. The second-order valence-corrected chi connectivity index (χ2v) is 9.42. The van der Waals surface area contributed by atoms with E-state index in [1.807, 2.05) is 6.92 Å². The van der Waals surface area contributed by atoms with Gasteiger partial charge >= 0.3 is 0 Å². The van der Waals surface area contributed by atoms with E-state index < -0.39 is 21.4 Å². The molecule has 0 radical (unpaired) electrons. The minimum atomic E-state index is -3.70. The first kappa shape index (κ1) is 20.3. The molecule has 10 heteroatoms. The van der Waals surface area contributed by atoms with Gasteiger partial charge in [-0.25, -0.2) is 22.1 Å². The van der Waals surface area contributed by atoms with Crippen LogP contribution in [0.4, 0.5) is 4.39 Å². The molecule has 0 amide bonds. The molecule has 3 rings (SSSR count). The van der Waals surface area contributed by atoms with Crippen molar-refractivity contribution in [3.63, 3.8) is 0 Å². The maximum atomic E-state index is 14.6. The quantitative estimate of drug-likeness (QED) is 0.595. The summed E-state index contributed by atoms with van der Waals surface area (Å²) in [5.74, 6) is -1.11. The van der Waals surface area contributed by atoms with Crippen LogP contribution in [0, 0.1) is 12.7 Å². The molecule has 148 valence electrons. The van der Waals surface area contributed by atoms with Crippen LogP contribution in [-0.4, -0.2) is 46.3 Å². The molecule has 2 aromatic rings. The van der Waals surface area contributed by atoms with Crippen LogP contribution in [0.15, 0.2) is 35.6 Å². The van der Waals surface area contributed by atoms with Crippen molar-refractivity contribution < 1.29 is 12.8 Å². The number of halogens is 1. The lowest BCUT2D eigenvalue weighted by molar-refractivity contribution is 0.457. The van der Waals surface area contributed by atoms with Crippen LogP contribution in [0.2, 0.25) is 0 Å². The Hall–Kier alpha value is -2.46. The van der Waals surface area contributed by atoms with Gasteiger partial charge in [0.25, 0.3) is 0 Å². The highest BCUT2D eigenvalue weighted by atomic mass is 32.2. The summed E-state index contributed by atoms with van der Waals surface area (Å²) in [4.78, 5) is 13.2. The van der Waals surface area contributed by atoms with E-state index in [2.05, 4.69) is 15.0 Å². The fourth-order valence-corrected chi connectivity index (χ4v) is 4.72. The number of hydrogen-bond donors (Lipinski definition) is 1. The third-order valence-corrected chi connectivity index (χ3v) is 6.91. The Morgan fingerprint density at radius 1 is 1.36 bits per heavy atom. The van der Waals surface area contributed by atoms with Gasteiger partial charge in [0.2, 0.25) is 16.0 Å². The first-order valence-corrected chi connectivity index (χ1v) is 10.5. The van der Waals surface area contributed by atoms with E-state index in [4.69, 9.17) is 18.0 Å². The van der Waals surface area contributed by atoms with Crippen LogP contribution in [0.25, 0.3) is 0 Å². The van der Waals surface area contributed by atoms with Crippen LogP contribution < -0.4 is 5.73 Å². The SMILES string of the molecule is Cc1cnc(C(=S)Cc2ccc(F)c([C@]3(C)CS(=O)(=O)N(C)C(N)=N3)c2)cn1. The zero-order valence-corrected chi connectivity index (χ0v) is 17.3. The molecular weight excluding hydrogens is 401 g/mol. The molecule has 7 nitrogen and oxygen atoms in total. The van der Waals surface area contributed by atoms with Crippen LogP contribution in [0.3, 0.4) is 0 Å². The molecule has 0 saturated carbocycles. The average molecular weight is 422 g/mol. The van der Waals surface area contributed by atoms with Gasteiger partial charge in [0.1, 0.15) is 11.4 Å². The molecule has 0 aliphatic carbocycles. The summed E-state index contributed by atoms with van der Waals surface area (Å²) in [6.45, 7) is 3.38. The van der Waals surface area contributed by atoms with E-state index in [0.29, 0.717) is 17.0 Å². The van der Waals surface area contributed by atoms with Gasteiger partial charge in [-0.3, -0.25) is 9.97 Å². The second-order valence-electron chi connectivity index (χ2n) is 6.92. The lowest BCUT2D eigenvalue weighted by Crippen LogP contribution is -2.50. The molecule has 0 fully saturated rings. The number of hydrogen-bond acceptors (Lipinski definition) is 7. The van der Waals surface area contributed by atoms with Crippen molar-refractivity contribution >= 4 is 33.1 Å². The van der Waals surface area contributed by atoms with Crippen molar-refractivity contribution in [2.24, 2.45) is 10.7 Å². The minimum absolute atomic E-state index is 0.155. The Balaban J connectivity index is 1.96. The topological polar surface area (TPSA) is 102 Å². The van der Waals surface area contributed by atoms with Gasteiger partial charge in [0.15, 0.2) is 0 Å². The number of nitrogens with zero attached hydrogens (tertiary/aromatic N) is 4. The summed E-state index contributed by atoms with van der Waals surface area (Å²) >= 11 is 5.43. The van der Waals surface area contributed by atoms with Gasteiger partial charge in [-0.1, -0.05) is 24.4 Å². The Morgan fingerprint density at radius 3 is 2.68 bits per heavy atom. The molecule has 0 saturated heterocycles. The number of rotatable bonds is 4. The fourth-order valence-electron chi connectivity index (χ4n) is 3.00. The summed E-state index contributed by atoms with van der Waals surface area (Å²) in [5, 5.41) is 0. The van der Waals surface area contributed by atoms with Gasteiger partial charge in [0, 0.05) is 30.1 Å². The van der Waals surface area contributed by atoms with Crippen LogP contribution >= 0.6 is 12.2 Å². The number of sulfonamides is 1. The van der Waals surface area contributed by atoms with Crippen LogP contribution in [0.5, 0.6) is 0 Å². The van der Waals surface area contributed by atoms with Gasteiger partial charge in [-0.05, 0) is 25.5 Å². The van der Waals surface area contributed by atoms with Crippen molar-refractivity contribution in [3.05, 3.63) is 58.9 Å². The summed E-state index contributed by atoms with van der Waals surface area (Å²) in [6.07, 6.45) is 3.56. The normalized spacial score (nSPS) is 21.3. The summed E-state index contributed by atoms with van der Waals surface area (Å²) in [5.41, 5.74) is 6.65. The van der Waals surface area contributed by atoms with Gasteiger partial charge in [-0.2, -0.15) is 0 Å². The lowest BCUT2D eigenvalue weighted by Gasteiger charge is -2.34. The molecule has 2 N–H and O–H groups in total. The zero-order chi connectivity index (χ0) is 20.7. The van der Waals surface area contributed by atoms with Crippen molar-refractivity contribution in [1.82, 2.24) is 14.3 Å². The van der Waals surface area contributed by atoms with Crippen molar-refractivity contribution in [2.75, 3.05) is 12.8 Å². The zero-order valence-electron chi connectivity index (χ0n) is 15.7. The van der Waals surface area contributed by atoms with E-state index >= 15 is 0 Å². The largest absolute Gasteiger partial charge is 0.369 e. The smallest absolute Gasteiger partial charge is 0.239 e. The van der Waals surface area contributed by atoms with Crippen molar-refractivity contribution in [2.45, 2.75) is 25.8 Å². The predicted molar refractivity (Wildman–Crippen MR) is 109 cm³/mol. The number of aliphatic imine (C=N–C) groups is 1. The number of benzene rings is 1. The number of guanidine groups is 1. The molecule has 2 heterocycles. The average Bonchev–Trinajstić information content (AvgIpc) is 2.61. The summed E-state index contributed by atoms with van der Waals surface area (Å²) in [7, 11) is -2.38. The highest BCUT2D eigenvalue weighted by molar-refractivity contribution is 7.89. The van der Waals surface area contributed by atoms with Gasteiger partial charge in [-0.15, -0.1) is 0 Å². The van der Waals surface area contributed by atoms with Crippen LogP contribution in [0.1, 0.15) is 29.4 Å². The molecule has 1 atom stereocenters. The number of aryl methyl sites for hydroxylation is 1. The Kier molecular flexibility index (Phi) is 5.20.